The molecule has 0 aliphatic carbocycles. The van der Waals surface area contributed by atoms with Gasteiger partial charge in [-0.15, -0.1) is 10.2 Å². The van der Waals surface area contributed by atoms with E-state index in [1.54, 1.807) is 42.9 Å². The van der Waals surface area contributed by atoms with Crippen LogP contribution in [0.3, 0.4) is 0 Å². The lowest BCUT2D eigenvalue weighted by atomic mass is 10.2. The second-order valence-electron chi connectivity index (χ2n) is 6.27. The Labute approximate surface area is 182 Å². The molecule has 0 aliphatic heterocycles. The number of imidazole rings is 1. The number of aryl methyl sites for hydroxylation is 2. The van der Waals surface area contributed by atoms with Gasteiger partial charge in [0.2, 0.25) is 5.13 Å². The molecule has 0 saturated heterocycles. The van der Waals surface area contributed by atoms with Crippen LogP contribution in [0.5, 0.6) is 0 Å². The number of rotatable bonds is 4. The first kappa shape index (κ1) is 20.3. The highest BCUT2D eigenvalue weighted by Gasteiger charge is 2.19. The summed E-state index contributed by atoms with van der Waals surface area (Å²) in [5.74, 6) is -0.333. The number of nitrogens with one attached hydrogen (secondary N) is 1. The monoisotopic (exact) mass is 463 g/mol. The Balaban J connectivity index is 1.60. The lowest BCUT2D eigenvalue weighted by Gasteiger charge is -2.03. The smallest absolute Gasteiger partial charge is 0.316 e. The second-order valence-corrected chi connectivity index (χ2v) is 8.90. The summed E-state index contributed by atoms with van der Waals surface area (Å²) in [6.45, 7) is 0. The average molecular weight is 464 g/mol. The van der Waals surface area contributed by atoms with Gasteiger partial charge in [-0.05, 0) is 36.0 Å². The zero-order valence-corrected chi connectivity index (χ0v) is 18.3. The molecule has 0 saturated carbocycles. The molecule has 3 aromatic heterocycles. The Hall–Kier alpha value is -2.96. The van der Waals surface area contributed by atoms with Gasteiger partial charge < -0.3 is 4.57 Å². The summed E-state index contributed by atoms with van der Waals surface area (Å²) in [5.41, 5.74) is 0.154. The molecule has 1 aromatic carbocycles. The highest BCUT2D eigenvalue weighted by molar-refractivity contribution is 8.01. The Morgan fingerprint density at radius 3 is 2.47 bits per heavy atom. The van der Waals surface area contributed by atoms with Crippen molar-refractivity contribution in [1.29, 1.82) is 0 Å². The molecule has 4 aromatic rings. The standard InChI is InChI=1S/C17H14ClN7O3S2/c1-23-10-11(24(2)17(28)25(3)13(10)27)19-15(23)30-16-22-21-14(29-16)20-12(26)8-4-6-9(18)7-5-8/h4-7H,1-3H3,(H,20,21,26). The van der Waals surface area contributed by atoms with Crippen LogP contribution < -0.4 is 16.6 Å². The predicted octanol–water partition coefficient (Wildman–Crippen LogP) is 1.88. The molecule has 10 nitrogen and oxygen atoms in total. The van der Waals surface area contributed by atoms with E-state index in [4.69, 9.17) is 11.6 Å². The first-order valence-corrected chi connectivity index (χ1v) is 10.5. The zero-order chi connectivity index (χ0) is 21.6. The molecule has 0 radical (unpaired) electrons. The summed E-state index contributed by atoms with van der Waals surface area (Å²) in [6, 6.07) is 6.47. The zero-order valence-electron chi connectivity index (χ0n) is 15.9. The first-order valence-electron chi connectivity index (χ1n) is 8.47. The number of anilines is 1. The minimum Gasteiger partial charge on any atom is -0.316 e. The normalized spacial score (nSPS) is 11.2. The number of benzene rings is 1. The largest absolute Gasteiger partial charge is 0.332 e. The fourth-order valence-corrected chi connectivity index (χ4v) is 4.56. The van der Waals surface area contributed by atoms with Crippen LogP contribution in [0.15, 0.2) is 43.4 Å². The Bertz CT molecular complexity index is 1400. The number of hydrogen-bond donors (Lipinski definition) is 1. The lowest BCUT2D eigenvalue weighted by molar-refractivity contribution is 0.102. The summed E-state index contributed by atoms with van der Waals surface area (Å²) in [4.78, 5) is 41.3. The van der Waals surface area contributed by atoms with E-state index >= 15 is 0 Å². The van der Waals surface area contributed by atoms with Gasteiger partial charge in [0.05, 0.1) is 0 Å². The summed E-state index contributed by atoms with van der Waals surface area (Å²) in [5, 5.41) is 12.0. The van der Waals surface area contributed by atoms with E-state index in [-0.39, 0.29) is 11.6 Å². The highest BCUT2D eigenvalue weighted by atomic mass is 35.5. The number of fused-ring (bicyclic) bond motifs is 1. The minimum atomic E-state index is -0.453. The fourth-order valence-electron chi connectivity index (χ4n) is 2.74. The Kier molecular flexibility index (Phi) is 5.22. The van der Waals surface area contributed by atoms with Crippen molar-refractivity contribution in [3.05, 3.63) is 55.7 Å². The summed E-state index contributed by atoms with van der Waals surface area (Å²) in [7, 11) is 4.67. The van der Waals surface area contributed by atoms with Crippen molar-refractivity contribution < 1.29 is 4.79 Å². The van der Waals surface area contributed by atoms with Gasteiger partial charge in [-0.2, -0.15) is 0 Å². The molecule has 1 amide bonds. The van der Waals surface area contributed by atoms with Crippen molar-refractivity contribution >= 4 is 56.9 Å². The SMILES string of the molecule is Cn1c(=O)c2c(nc(Sc3nnc(NC(=O)c4ccc(Cl)cc4)s3)n2C)n(C)c1=O. The third-order valence-electron chi connectivity index (χ3n) is 4.35. The molecule has 30 heavy (non-hydrogen) atoms. The second kappa shape index (κ2) is 7.70. The maximum Gasteiger partial charge on any atom is 0.332 e. The van der Waals surface area contributed by atoms with Crippen molar-refractivity contribution in [3.63, 3.8) is 0 Å². The van der Waals surface area contributed by atoms with Crippen molar-refractivity contribution in [1.82, 2.24) is 28.9 Å². The van der Waals surface area contributed by atoms with Crippen LogP contribution in [0, 0.1) is 0 Å². The lowest BCUT2D eigenvalue weighted by Crippen LogP contribution is -2.37. The van der Waals surface area contributed by atoms with Crippen LogP contribution in [-0.4, -0.2) is 34.8 Å². The van der Waals surface area contributed by atoms with E-state index in [1.165, 1.54) is 23.4 Å². The number of halogens is 1. The molecule has 3 heterocycles. The number of hydrogen-bond acceptors (Lipinski definition) is 8. The van der Waals surface area contributed by atoms with Gasteiger partial charge in [0, 0.05) is 31.7 Å². The highest BCUT2D eigenvalue weighted by Crippen LogP contribution is 2.32. The van der Waals surface area contributed by atoms with E-state index in [9.17, 15) is 14.4 Å². The minimum absolute atomic E-state index is 0.286. The Morgan fingerprint density at radius 1 is 1.07 bits per heavy atom. The molecule has 0 atom stereocenters. The van der Waals surface area contributed by atoms with E-state index in [2.05, 4.69) is 20.5 Å². The third kappa shape index (κ3) is 3.53. The van der Waals surface area contributed by atoms with Crippen LogP contribution >= 0.6 is 34.7 Å². The molecule has 13 heteroatoms. The number of amides is 1. The van der Waals surface area contributed by atoms with E-state index in [1.807, 2.05) is 0 Å². The van der Waals surface area contributed by atoms with Crippen LogP contribution in [0.4, 0.5) is 5.13 Å². The van der Waals surface area contributed by atoms with Crippen molar-refractivity contribution in [2.24, 2.45) is 21.1 Å². The number of carbonyl (C=O) groups is 1. The first-order chi connectivity index (χ1) is 14.3. The van der Waals surface area contributed by atoms with Crippen LogP contribution in [0.2, 0.25) is 5.02 Å². The van der Waals surface area contributed by atoms with Gasteiger partial charge in [0.1, 0.15) is 0 Å². The van der Waals surface area contributed by atoms with E-state index in [0.717, 1.165) is 15.9 Å². The fraction of sp³-hybridized carbons (Fsp3) is 0.176. The number of nitrogens with zero attached hydrogens (tertiary/aromatic N) is 6. The summed E-state index contributed by atoms with van der Waals surface area (Å²) >= 11 is 8.18. The number of aromatic nitrogens is 6. The summed E-state index contributed by atoms with van der Waals surface area (Å²) in [6.07, 6.45) is 0. The van der Waals surface area contributed by atoms with Gasteiger partial charge in [-0.3, -0.25) is 24.0 Å². The van der Waals surface area contributed by atoms with E-state index < -0.39 is 11.2 Å². The number of carbonyl (C=O) groups excluding carboxylic acids is 1. The molecular weight excluding hydrogens is 450 g/mol. The molecule has 0 aliphatic rings. The maximum atomic E-state index is 12.5. The molecule has 1 N–H and O–H groups in total. The molecular formula is C17H14ClN7O3S2. The molecule has 154 valence electrons. The quantitative estimate of drug-likeness (QED) is 0.459. The molecule has 0 spiro atoms. The van der Waals surface area contributed by atoms with Crippen molar-refractivity contribution in [2.75, 3.05) is 5.32 Å². The van der Waals surface area contributed by atoms with Crippen molar-refractivity contribution in [2.45, 2.75) is 9.50 Å². The summed E-state index contributed by atoms with van der Waals surface area (Å²) < 4.78 is 4.48. The van der Waals surface area contributed by atoms with Gasteiger partial charge >= 0.3 is 5.69 Å². The van der Waals surface area contributed by atoms with Crippen LogP contribution in [-0.2, 0) is 21.1 Å². The van der Waals surface area contributed by atoms with Gasteiger partial charge in [-0.1, -0.05) is 22.9 Å². The predicted molar refractivity (Wildman–Crippen MR) is 115 cm³/mol. The van der Waals surface area contributed by atoms with Crippen LogP contribution in [0.1, 0.15) is 10.4 Å². The van der Waals surface area contributed by atoms with Gasteiger partial charge in [0.25, 0.3) is 11.5 Å². The van der Waals surface area contributed by atoms with Gasteiger partial charge in [0.15, 0.2) is 20.7 Å². The van der Waals surface area contributed by atoms with Gasteiger partial charge in [-0.25, -0.2) is 9.78 Å². The van der Waals surface area contributed by atoms with Crippen LogP contribution in [0.25, 0.3) is 11.2 Å². The molecule has 0 bridgehead atoms. The molecule has 4 rings (SSSR count). The van der Waals surface area contributed by atoms with E-state index in [0.29, 0.717) is 30.7 Å². The Morgan fingerprint density at radius 2 is 1.77 bits per heavy atom. The maximum absolute atomic E-state index is 12.5. The third-order valence-corrected chi connectivity index (χ3v) is 6.54. The topological polar surface area (TPSA) is 117 Å². The molecule has 0 unspecified atom stereocenters. The average Bonchev–Trinajstić information content (AvgIpc) is 3.30. The molecule has 0 fully saturated rings. The van der Waals surface area contributed by atoms with Crippen molar-refractivity contribution in [3.8, 4) is 0 Å².